The minimum atomic E-state index is -4.75. The molecule has 0 radical (unpaired) electrons. The molecule has 0 unspecified atom stereocenters. The SMILES string of the molecule is OB(O)c1nccc(C(F)(F)F)c1O. The normalized spacial score (nSPS) is 11.5. The van der Waals surface area contributed by atoms with Crippen molar-refractivity contribution in [2.75, 3.05) is 0 Å². The maximum absolute atomic E-state index is 12.1. The first-order valence-electron chi connectivity index (χ1n) is 3.45. The van der Waals surface area contributed by atoms with Gasteiger partial charge in [-0.05, 0) is 6.07 Å². The van der Waals surface area contributed by atoms with Crippen LogP contribution in [0.3, 0.4) is 0 Å². The average molecular weight is 207 g/mol. The van der Waals surface area contributed by atoms with Gasteiger partial charge in [0.2, 0.25) is 0 Å². The Kier molecular flexibility index (Phi) is 2.67. The van der Waals surface area contributed by atoms with Crippen molar-refractivity contribution in [3.05, 3.63) is 17.8 Å². The Balaban J connectivity index is 3.28. The van der Waals surface area contributed by atoms with Gasteiger partial charge in [-0.25, -0.2) is 0 Å². The van der Waals surface area contributed by atoms with Gasteiger partial charge in [0.25, 0.3) is 0 Å². The third-order valence-corrected chi connectivity index (χ3v) is 1.50. The fraction of sp³-hybridized carbons (Fsp3) is 0.167. The van der Waals surface area contributed by atoms with E-state index >= 15 is 0 Å². The molecule has 0 spiro atoms. The van der Waals surface area contributed by atoms with Crippen LogP contribution in [0.1, 0.15) is 5.56 Å². The van der Waals surface area contributed by atoms with Crippen molar-refractivity contribution in [1.82, 2.24) is 4.98 Å². The summed E-state index contributed by atoms with van der Waals surface area (Å²) < 4.78 is 36.4. The lowest BCUT2D eigenvalue weighted by molar-refractivity contribution is -0.138. The standard InChI is InChI=1S/C6H5BF3NO3/c8-6(9,10)3-1-2-11-5(4(3)12)7(13)14/h1-2,12-14H. The minimum Gasteiger partial charge on any atom is -0.506 e. The Labute approximate surface area is 76.8 Å². The third-order valence-electron chi connectivity index (χ3n) is 1.50. The van der Waals surface area contributed by atoms with Crippen LogP contribution in [-0.2, 0) is 6.18 Å². The average Bonchev–Trinajstić information content (AvgIpc) is 2.01. The van der Waals surface area contributed by atoms with Gasteiger partial charge in [-0.3, -0.25) is 4.98 Å². The first-order valence-corrected chi connectivity index (χ1v) is 3.45. The highest BCUT2D eigenvalue weighted by atomic mass is 19.4. The molecule has 0 aliphatic heterocycles. The first-order chi connectivity index (χ1) is 6.34. The lowest BCUT2D eigenvalue weighted by atomic mass is 9.84. The molecule has 3 N–H and O–H groups in total. The molecule has 0 atom stereocenters. The molecule has 1 heterocycles. The summed E-state index contributed by atoms with van der Waals surface area (Å²) in [5.41, 5.74) is -2.17. The minimum absolute atomic E-state index is 0.543. The topological polar surface area (TPSA) is 73.6 Å². The molecule has 14 heavy (non-hydrogen) atoms. The van der Waals surface area contributed by atoms with Gasteiger partial charge >= 0.3 is 13.3 Å². The second-order valence-electron chi connectivity index (χ2n) is 2.46. The largest absolute Gasteiger partial charge is 0.512 e. The number of aromatic nitrogens is 1. The van der Waals surface area contributed by atoms with Crippen LogP contribution in [0.5, 0.6) is 5.75 Å². The Morgan fingerprint density at radius 1 is 1.29 bits per heavy atom. The number of hydrogen-bond donors (Lipinski definition) is 3. The van der Waals surface area contributed by atoms with E-state index < -0.39 is 30.2 Å². The van der Waals surface area contributed by atoms with Crippen molar-refractivity contribution in [3.63, 3.8) is 0 Å². The monoisotopic (exact) mass is 207 g/mol. The van der Waals surface area contributed by atoms with Crippen LogP contribution in [0, 0.1) is 0 Å². The third kappa shape index (κ3) is 1.96. The van der Waals surface area contributed by atoms with Crippen LogP contribution >= 0.6 is 0 Å². The first kappa shape index (κ1) is 10.8. The summed E-state index contributed by atoms with van der Waals surface area (Å²) in [6.07, 6.45) is -4.02. The van der Waals surface area contributed by atoms with E-state index in [0.29, 0.717) is 6.07 Å². The Bertz CT molecular complexity index is 342. The molecule has 1 aromatic rings. The Morgan fingerprint density at radius 3 is 2.29 bits per heavy atom. The van der Waals surface area contributed by atoms with Gasteiger partial charge in [-0.15, -0.1) is 0 Å². The van der Waals surface area contributed by atoms with Gasteiger partial charge in [0.15, 0.2) is 0 Å². The highest BCUT2D eigenvalue weighted by Crippen LogP contribution is 2.33. The van der Waals surface area contributed by atoms with Crippen LogP contribution in [0.15, 0.2) is 12.3 Å². The Morgan fingerprint density at radius 2 is 1.86 bits per heavy atom. The number of pyridine rings is 1. The van der Waals surface area contributed by atoms with Gasteiger partial charge in [0.1, 0.15) is 11.3 Å². The van der Waals surface area contributed by atoms with Crippen molar-refractivity contribution in [3.8, 4) is 5.75 Å². The van der Waals surface area contributed by atoms with Gasteiger partial charge in [0, 0.05) is 6.20 Å². The van der Waals surface area contributed by atoms with Crippen LogP contribution < -0.4 is 5.59 Å². The zero-order chi connectivity index (χ0) is 10.9. The van der Waals surface area contributed by atoms with E-state index in [1.54, 1.807) is 0 Å². The number of aromatic hydroxyl groups is 1. The maximum atomic E-state index is 12.1. The van der Waals surface area contributed by atoms with Crippen LogP contribution in [0.25, 0.3) is 0 Å². The second-order valence-corrected chi connectivity index (χ2v) is 2.46. The summed E-state index contributed by atoms with van der Waals surface area (Å²) in [6, 6.07) is 0.543. The molecular weight excluding hydrogens is 202 g/mol. The number of halogens is 3. The zero-order valence-corrected chi connectivity index (χ0v) is 6.65. The molecule has 1 aromatic heterocycles. The highest BCUT2D eigenvalue weighted by Gasteiger charge is 2.36. The van der Waals surface area contributed by atoms with Crippen LogP contribution in [0.2, 0.25) is 0 Å². The predicted octanol–water partition coefficient (Wildman–Crippen LogP) is -0.514. The fourth-order valence-electron chi connectivity index (χ4n) is 0.888. The number of alkyl halides is 3. The molecule has 0 aromatic carbocycles. The summed E-state index contributed by atoms with van der Waals surface area (Å²) in [5.74, 6) is -1.27. The van der Waals surface area contributed by atoms with Crippen LogP contribution in [-0.4, -0.2) is 27.3 Å². The van der Waals surface area contributed by atoms with Crippen molar-refractivity contribution in [2.24, 2.45) is 0 Å². The molecule has 1 rings (SSSR count). The van der Waals surface area contributed by atoms with E-state index in [1.807, 2.05) is 0 Å². The molecule has 0 saturated carbocycles. The smallest absolute Gasteiger partial charge is 0.506 e. The van der Waals surface area contributed by atoms with Gasteiger partial charge < -0.3 is 15.2 Å². The molecule has 76 valence electrons. The summed E-state index contributed by atoms with van der Waals surface area (Å²) in [6.45, 7) is 0. The molecule has 0 bridgehead atoms. The zero-order valence-electron chi connectivity index (χ0n) is 6.65. The molecule has 4 nitrogen and oxygen atoms in total. The van der Waals surface area contributed by atoms with E-state index in [0.717, 1.165) is 6.20 Å². The van der Waals surface area contributed by atoms with E-state index in [9.17, 15) is 13.2 Å². The molecule has 0 saturated heterocycles. The van der Waals surface area contributed by atoms with Gasteiger partial charge in [0.05, 0.1) is 5.56 Å². The van der Waals surface area contributed by atoms with E-state index in [1.165, 1.54) is 0 Å². The van der Waals surface area contributed by atoms with Crippen LogP contribution in [0.4, 0.5) is 13.2 Å². The summed E-state index contributed by atoms with van der Waals surface area (Å²) in [7, 11) is -2.24. The molecule has 0 aliphatic carbocycles. The quantitative estimate of drug-likeness (QED) is 0.542. The summed E-state index contributed by atoms with van der Waals surface area (Å²) in [5, 5.41) is 26.1. The van der Waals surface area contributed by atoms with E-state index in [2.05, 4.69) is 4.98 Å². The fourth-order valence-corrected chi connectivity index (χ4v) is 0.888. The van der Waals surface area contributed by atoms with Crippen molar-refractivity contribution in [1.29, 1.82) is 0 Å². The lowest BCUT2D eigenvalue weighted by Gasteiger charge is -2.10. The molecule has 0 aliphatic rings. The van der Waals surface area contributed by atoms with E-state index in [-0.39, 0.29) is 0 Å². The summed E-state index contributed by atoms with van der Waals surface area (Å²) >= 11 is 0. The molecular formula is C6H5BF3NO3. The molecule has 0 fully saturated rings. The van der Waals surface area contributed by atoms with Crippen molar-refractivity contribution < 1.29 is 28.3 Å². The molecule has 8 heteroatoms. The number of hydrogen-bond acceptors (Lipinski definition) is 4. The second kappa shape index (κ2) is 3.47. The van der Waals surface area contributed by atoms with Gasteiger partial charge in [-0.2, -0.15) is 13.2 Å². The Hall–Kier alpha value is -1.28. The summed E-state index contributed by atoms with van der Waals surface area (Å²) in [4.78, 5) is 3.20. The van der Waals surface area contributed by atoms with Crippen molar-refractivity contribution in [2.45, 2.75) is 6.18 Å². The van der Waals surface area contributed by atoms with Crippen molar-refractivity contribution >= 4 is 12.7 Å². The molecule has 0 amide bonds. The number of rotatable bonds is 1. The maximum Gasteiger partial charge on any atom is 0.512 e. The number of nitrogens with zero attached hydrogens (tertiary/aromatic N) is 1. The highest BCUT2D eigenvalue weighted by molar-refractivity contribution is 6.58. The van der Waals surface area contributed by atoms with E-state index in [4.69, 9.17) is 15.2 Å². The van der Waals surface area contributed by atoms with Gasteiger partial charge in [-0.1, -0.05) is 0 Å². The predicted molar refractivity (Wildman–Crippen MR) is 40.7 cm³/mol. The lowest BCUT2D eigenvalue weighted by Crippen LogP contribution is -2.34.